The molecule has 1 aromatic carbocycles. The molecule has 0 aliphatic heterocycles. The van der Waals surface area contributed by atoms with E-state index in [1.165, 1.54) is 0 Å². The summed E-state index contributed by atoms with van der Waals surface area (Å²) in [5, 5.41) is 2.93. The summed E-state index contributed by atoms with van der Waals surface area (Å²) in [4.78, 5) is 16.9. The summed E-state index contributed by atoms with van der Waals surface area (Å²) in [6.45, 7) is 2.24. The number of benzene rings is 1. The minimum absolute atomic E-state index is 0.151. The highest BCUT2D eigenvalue weighted by Crippen LogP contribution is 2.17. The van der Waals surface area contributed by atoms with Crippen LogP contribution in [0.3, 0.4) is 0 Å². The zero-order valence-corrected chi connectivity index (χ0v) is 12.5. The molecule has 22 heavy (non-hydrogen) atoms. The van der Waals surface area contributed by atoms with Crippen LogP contribution in [0.2, 0.25) is 0 Å². The summed E-state index contributed by atoms with van der Waals surface area (Å²) in [5.74, 6) is 0.611. The predicted molar refractivity (Wildman–Crippen MR) is 84.1 cm³/mol. The van der Waals surface area contributed by atoms with E-state index in [4.69, 9.17) is 4.74 Å². The van der Waals surface area contributed by atoms with Crippen LogP contribution in [0.25, 0.3) is 5.65 Å². The lowest BCUT2D eigenvalue weighted by atomic mass is 10.2. The van der Waals surface area contributed by atoms with Gasteiger partial charge in [-0.1, -0.05) is 24.3 Å². The number of nitrogens with one attached hydrogen (secondary N) is 1. The third-order valence-electron chi connectivity index (χ3n) is 3.55. The largest absolute Gasteiger partial charge is 0.496 e. The summed E-state index contributed by atoms with van der Waals surface area (Å²) in [5.41, 5.74) is 2.97. The van der Waals surface area contributed by atoms with Gasteiger partial charge in [-0.3, -0.25) is 9.20 Å². The molecule has 1 N–H and O–H groups in total. The number of amides is 1. The van der Waals surface area contributed by atoms with Gasteiger partial charge in [0.2, 0.25) is 0 Å². The Balaban J connectivity index is 1.83. The normalized spacial score (nSPS) is 10.6. The second-order valence-electron chi connectivity index (χ2n) is 4.97. The van der Waals surface area contributed by atoms with Crippen molar-refractivity contribution in [3.05, 3.63) is 65.6 Å². The molecule has 0 unspecified atom stereocenters. The van der Waals surface area contributed by atoms with Crippen molar-refractivity contribution < 1.29 is 9.53 Å². The Morgan fingerprint density at radius 1 is 1.23 bits per heavy atom. The summed E-state index contributed by atoms with van der Waals surface area (Å²) < 4.78 is 7.09. The van der Waals surface area contributed by atoms with Gasteiger partial charge in [0.25, 0.3) is 5.91 Å². The van der Waals surface area contributed by atoms with Crippen LogP contribution >= 0.6 is 0 Å². The topological polar surface area (TPSA) is 55.6 Å². The average molecular weight is 295 g/mol. The van der Waals surface area contributed by atoms with Gasteiger partial charge in [-0.15, -0.1) is 0 Å². The summed E-state index contributed by atoms with van der Waals surface area (Å²) in [7, 11) is 1.62. The standard InChI is InChI=1S/C17H17N3O2/c1-12-16(20-10-6-5-9-15(20)19-12)17(21)18-11-13-7-3-4-8-14(13)22-2/h3-10H,11H2,1-2H3,(H,18,21). The van der Waals surface area contributed by atoms with Crippen molar-refractivity contribution in [1.29, 1.82) is 0 Å². The molecular formula is C17H17N3O2. The van der Waals surface area contributed by atoms with Crippen molar-refractivity contribution >= 4 is 11.6 Å². The molecule has 0 fully saturated rings. The lowest BCUT2D eigenvalue weighted by molar-refractivity contribution is 0.0944. The van der Waals surface area contributed by atoms with Crippen LogP contribution in [0.4, 0.5) is 0 Å². The molecular weight excluding hydrogens is 278 g/mol. The van der Waals surface area contributed by atoms with Crippen LogP contribution in [0.1, 0.15) is 21.7 Å². The molecule has 0 saturated heterocycles. The van der Waals surface area contributed by atoms with Crippen molar-refractivity contribution in [2.24, 2.45) is 0 Å². The summed E-state index contributed by atoms with van der Waals surface area (Å²) in [6.07, 6.45) is 1.84. The van der Waals surface area contributed by atoms with Gasteiger partial charge in [0.15, 0.2) is 0 Å². The lowest BCUT2D eigenvalue weighted by Crippen LogP contribution is -2.25. The Labute approximate surface area is 128 Å². The number of rotatable bonds is 4. The molecule has 0 radical (unpaired) electrons. The Morgan fingerprint density at radius 3 is 2.82 bits per heavy atom. The third-order valence-corrected chi connectivity index (χ3v) is 3.55. The number of carbonyl (C=O) groups is 1. The summed E-state index contributed by atoms with van der Waals surface area (Å²) in [6, 6.07) is 13.3. The van der Waals surface area contributed by atoms with E-state index >= 15 is 0 Å². The second kappa shape index (κ2) is 5.89. The van der Waals surface area contributed by atoms with Crippen LogP contribution in [-0.4, -0.2) is 22.4 Å². The fourth-order valence-electron chi connectivity index (χ4n) is 2.50. The highest BCUT2D eigenvalue weighted by atomic mass is 16.5. The number of imidazole rings is 1. The molecule has 0 saturated carbocycles. The van der Waals surface area contributed by atoms with Gasteiger partial charge < -0.3 is 10.1 Å². The molecule has 3 aromatic rings. The zero-order valence-electron chi connectivity index (χ0n) is 12.5. The lowest BCUT2D eigenvalue weighted by Gasteiger charge is -2.09. The van der Waals surface area contributed by atoms with Crippen molar-refractivity contribution in [1.82, 2.24) is 14.7 Å². The fraction of sp³-hybridized carbons (Fsp3) is 0.176. The van der Waals surface area contributed by atoms with Gasteiger partial charge in [0.05, 0.1) is 12.8 Å². The fourth-order valence-corrected chi connectivity index (χ4v) is 2.50. The number of pyridine rings is 1. The highest BCUT2D eigenvalue weighted by molar-refractivity contribution is 5.94. The van der Waals surface area contributed by atoms with Gasteiger partial charge in [-0.2, -0.15) is 0 Å². The van der Waals surface area contributed by atoms with Crippen molar-refractivity contribution in [3.63, 3.8) is 0 Å². The molecule has 112 valence electrons. The van der Waals surface area contributed by atoms with Crippen molar-refractivity contribution in [3.8, 4) is 5.75 Å². The van der Waals surface area contributed by atoms with Crippen LogP contribution in [0.15, 0.2) is 48.7 Å². The van der Waals surface area contributed by atoms with E-state index in [0.717, 1.165) is 17.0 Å². The maximum absolute atomic E-state index is 12.5. The van der Waals surface area contributed by atoms with Gasteiger partial charge >= 0.3 is 0 Å². The maximum Gasteiger partial charge on any atom is 0.270 e. The van der Waals surface area contributed by atoms with Crippen molar-refractivity contribution in [2.45, 2.75) is 13.5 Å². The minimum atomic E-state index is -0.151. The van der Waals surface area contributed by atoms with Crippen LogP contribution < -0.4 is 10.1 Å². The van der Waals surface area contributed by atoms with Crippen LogP contribution in [0.5, 0.6) is 5.75 Å². The third kappa shape index (κ3) is 2.53. The van der Waals surface area contributed by atoms with Gasteiger partial charge in [-0.25, -0.2) is 4.98 Å². The molecule has 3 rings (SSSR count). The Kier molecular flexibility index (Phi) is 3.78. The Bertz CT molecular complexity index is 824. The number of para-hydroxylation sites is 1. The summed E-state index contributed by atoms with van der Waals surface area (Å²) >= 11 is 0. The molecule has 2 heterocycles. The van der Waals surface area contributed by atoms with Crippen LogP contribution in [0, 0.1) is 6.92 Å². The number of ether oxygens (including phenoxy) is 1. The zero-order chi connectivity index (χ0) is 15.5. The first-order valence-corrected chi connectivity index (χ1v) is 7.04. The van der Waals surface area contributed by atoms with E-state index in [0.29, 0.717) is 17.9 Å². The van der Waals surface area contributed by atoms with E-state index in [-0.39, 0.29) is 5.91 Å². The number of nitrogens with zero attached hydrogens (tertiary/aromatic N) is 2. The molecule has 0 aliphatic carbocycles. The molecule has 0 spiro atoms. The molecule has 0 bridgehead atoms. The molecule has 0 atom stereocenters. The molecule has 0 aliphatic rings. The van der Waals surface area contributed by atoms with Crippen molar-refractivity contribution in [2.75, 3.05) is 7.11 Å². The minimum Gasteiger partial charge on any atom is -0.496 e. The number of carbonyl (C=O) groups excluding carboxylic acids is 1. The van der Waals surface area contributed by atoms with E-state index in [1.54, 1.807) is 11.5 Å². The number of fused-ring (bicyclic) bond motifs is 1. The second-order valence-corrected chi connectivity index (χ2v) is 4.97. The Morgan fingerprint density at radius 2 is 2.00 bits per heavy atom. The number of aryl methyl sites for hydroxylation is 1. The quantitative estimate of drug-likeness (QED) is 0.805. The number of hydrogen-bond donors (Lipinski definition) is 1. The van der Waals surface area contributed by atoms with Gasteiger partial charge in [-0.05, 0) is 25.1 Å². The first kappa shape index (κ1) is 14.1. The molecule has 5 heteroatoms. The Hall–Kier alpha value is -2.82. The average Bonchev–Trinajstić information content (AvgIpc) is 2.88. The SMILES string of the molecule is COc1ccccc1CNC(=O)c1c(C)nc2ccccn12. The number of aromatic nitrogens is 2. The van der Waals surface area contributed by atoms with Gasteiger partial charge in [0.1, 0.15) is 17.1 Å². The molecule has 1 amide bonds. The number of hydrogen-bond acceptors (Lipinski definition) is 3. The highest BCUT2D eigenvalue weighted by Gasteiger charge is 2.16. The first-order valence-electron chi connectivity index (χ1n) is 7.04. The predicted octanol–water partition coefficient (Wildman–Crippen LogP) is 2.58. The molecule has 2 aromatic heterocycles. The van der Waals surface area contributed by atoms with E-state index in [2.05, 4.69) is 10.3 Å². The monoisotopic (exact) mass is 295 g/mol. The molecule has 5 nitrogen and oxygen atoms in total. The van der Waals surface area contributed by atoms with E-state index in [9.17, 15) is 4.79 Å². The van der Waals surface area contributed by atoms with E-state index < -0.39 is 0 Å². The van der Waals surface area contributed by atoms with Gasteiger partial charge in [0, 0.05) is 18.3 Å². The van der Waals surface area contributed by atoms with Crippen LogP contribution in [-0.2, 0) is 6.54 Å². The maximum atomic E-state index is 12.5. The number of methoxy groups -OCH3 is 1. The van der Waals surface area contributed by atoms with E-state index in [1.807, 2.05) is 55.6 Å². The first-order chi connectivity index (χ1) is 10.7. The smallest absolute Gasteiger partial charge is 0.270 e.